The Bertz CT molecular complexity index is 830. The molecule has 4 nitrogen and oxygen atoms in total. The van der Waals surface area contributed by atoms with Gasteiger partial charge in [0.2, 0.25) is 5.95 Å². The Hall–Kier alpha value is -2.31. The maximum Gasteiger partial charge on any atom is 0.283 e. The molecule has 1 aromatic carbocycles. The largest absolute Gasteiger partial charge is 0.334 e. The van der Waals surface area contributed by atoms with Crippen LogP contribution in [0.25, 0.3) is 0 Å². The monoisotopic (exact) mass is 381 g/mol. The molecule has 0 radical (unpaired) electrons. The molecule has 0 fully saturated rings. The molecule has 0 aliphatic rings. The molecule has 0 aliphatic carbocycles. The van der Waals surface area contributed by atoms with Gasteiger partial charge in [-0.05, 0) is 48.9 Å². The van der Waals surface area contributed by atoms with E-state index in [0.717, 1.165) is 28.7 Å². The second kappa shape index (κ2) is 8.59. The highest BCUT2D eigenvalue weighted by molar-refractivity contribution is 5.95. The summed E-state index contributed by atoms with van der Waals surface area (Å²) in [6.45, 7) is 8.50. The van der Waals surface area contributed by atoms with Crippen molar-refractivity contribution < 1.29 is 18.0 Å². The molecule has 0 spiro atoms. The van der Waals surface area contributed by atoms with Crippen LogP contribution in [0.5, 0.6) is 0 Å². The molecule has 2 rings (SSSR count). The quantitative estimate of drug-likeness (QED) is 0.695. The van der Waals surface area contributed by atoms with Crippen LogP contribution >= 0.6 is 0 Å². The number of hydrogen-bond donors (Lipinski definition) is 0. The van der Waals surface area contributed by atoms with Crippen LogP contribution in [-0.2, 0) is 20.0 Å². The van der Waals surface area contributed by atoms with Gasteiger partial charge in [-0.2, -0.15) is 9.49 Å². The number of rotatable bonds is 7. The van der Waals surface area contributed by atoms with Crippen molar-refractivity contribution in [2.75, 3.05) is 6.54 Å². The van der Waals surface area contributed by atoms with E-state index in [2.05, 4.69) is 11.2 Å². The highest BCUT2D eigenvalue weighted by Crippen LogP contribution is 2.26. The van der Waals surface area contributed by atoms with Gasteiger partial charge in [-0.25, -0.2) is 13.5 Å². The highest BCUT2D eigenvalue weighted by atomic mass is 19.3. The van der Waals surface area contributed by atoms with Gasteiger partial charge < -0.3 is 4.90 Å². The SMILES string of the molecule is CCCN(Cc1cc(C)c(C)cc1CC)C(=O)c1c(C(F)F)nn(C)c1F. The van der Waals surface area contributed by atoms with E-state index in [1.165, 1.54) is 11.9 Å². The van der Waals surface area contributed by atoms with Crippen molar-refractivity contribution in [1.29, 1.82) is 0 Å². The van der Waals surface area contributed by atoms with Crippen molar-refractivity contribution in [3.05, 3.63) is 51.6 Å². The molecular formula is C20H26F3N3O. The smallest absolute Gasteiger partial charge is 0.283 e. The molecule has 0 bridgehead atoms. The van der Waals surface area contributed by atoms with Gasteiger partial charge in [-0.15, -0.1) is 0 Å². The third-order valence-electron chi connectivity index (χ3n) is 4.76. The number of aromatic nitrogens is 2. The summed E-state index contributed by atoms with van der Waals surface area (Å²) in [5.41, 5.74) is 2.84. The lowest BCUT2D eigenvalue weighted by atomic mass is 9.97. The van der Waals surface area contributed by atoms with Crippen LogP contribution in [0.4, 0.5) is 13.2 Å². The van der Waals surface area contributed by atoms with Gasteiger partial charge in [0.25, 0.3) is 12.3 Å². The molecule has 0 aliphatic heterocycles. The normalized spacial score (nSPS) is 11.3. The van der Waals surface area contributed by atoms with Crippen molar-refractivity contribution in [2.24, 2.45) is 7.05 Å². The summed E-state index contributed by atoms with van der Waals surface area (Å²) in [6.07, 6.45) is -1.60. The molecule has 0 N–H and O–H groups in total. The Morgan fingerprint density at radius 2 is 1.78 bits per heavy atom. The molecule has 7 heteroatoms. The summed E-state index contributed by atoms with van der Waals surface area (Å²) < 4.78 is 41.6. The van der Waals surface area contributed by atoms with Crippen molar-refractivity contribution in [2.45, 2.75) is 53.5 Å². The Morgan fingerprint density at radius 1 is 1.19 bits per heavy atom. The summed E-state index contributed by atoms with van der Waals surface area (Å²) in [7, 11) is 1.21. The maximum absolute atomic E-state index is 14.4. The first kappa shape index (κ1) is 21.0. The fourth-order valence-corrected chi connectivity index (χ4v) is 3.17. The molecule has 1 amide bonds. The summed E-state index contributed by atoms with van der Waals surface area (Å²) in [4.78, 5) is 14.4. The molecule has 1 heterocycles. The molecule has 0 atom stereocenters. The lowest BCUT2D eigenvalue weighted by molar-refractivity contribution is 0.0725. The highest BCUT2D eigenvalue weighted by Gasteiger charge is 2.31. The Labute approximate surface area is 158 Å². The Balaban J connectivity index is 2.45. The number of nitrogens with zero attached hydrogens (tertiary/aromatic N) is 3. The average Bonchev–Trinajstić information content (AvgIpc) is 2.92. The first-order valence-corrected chi connectivity index (χ1v) is 9.09. The van der Waals surface area contributed by atoms with Gasteiger partial charge in [0.05, 0.1) is 0 Å². The number of aryl methyl sites for hydroxylation is 4. The molecular weight excluding hydrogens is 355 g/mol. The molecule has 148 valence electrons. The van der Waals surface area contributed by atoms with Gasteiger partial charge in [-0.1, -0.05) is 26.0 Å². The van der Waals surface area contributed by atoms with Crippen LogP contribution in [0.15, 0.2) is 12.1 Å². The van der Waals surface area contributed by atoms with E-state index in [-0.39, 0.29) is 6.54 Å². The minimum Gasteiger partial charge on any atom is -0.334 e. The van der Waals surface area contributed by atoms with E-state index >= 15 is 0 Å². The number of hydrogen-bond acceptors (Lipinski definition) is 2. The van der Waals surface area contributed by atoms with Crippen LogP contribution in [-0.4, -0.2) is 27.1 Å². The molecule has 0 saturated heterocycles. The fraction of sp³-hybridized carbons (Fsp3) is 0.500. The zero-order valence-corrected chi connectivity index (χ0v) is 16.4. The van der Waals surface area contributed by atoms with Crippen molar-refractivity contribution >= 4 is 5.91 Å². The van der Waals surface area contributed by atoms with Crippen LogP contribution < -0.4 is 0 Å². The van der Waals surface area contributed by atoms with E-state index in [9.17, 15) is 18.0 Å². The second-order valence-corrected chi connectivity index (χ2v) is 6.76. The van der Waals surface area contributed by atoms with Gasteiger partial charge in [-0.3, -0.25) is 4.79 Å². The van der Waals surface area contributed by atoms with Gasteiger partial charge >= 0.3 is 0 Å². The predicted octanol–water partition coefficient (Wildman–Crippen LogP) is 4.73. The van der Waals surface area contributed by atoms with Gasteiger partial charge in [0, 0.05) is 20.1 Å². The average molecular weight is 381 g/mol. The predicted molar refractivity (Wildman–Crippen MR) is 98.4 cm³/mol. The fourth-order valence-electron chi connectivity index (χ4n) is 3.17. The number of carbonyl (C=O) groups excluding carboxylic acids is 1. The Kier molecular flexibility index (Phi) is 6.68. The minimum atomic E-state index is -3.02. The van der Waals surface area contributed by atoms with E-state index in [4.69, 9.17) is 0 Å². The summed E-state index contributed by atoms with van der Waals surface area (Å²) in [6, 6.07) is 4.09. The first-order valence-electron chi connectivity index (χ1n) is 9.09. The number of amides is 1. The number of carbonyl (C=O) groups is 1. The van der Waals surface area contributed by atoms with Crippen molar-refractivity contribution in [1.82, 2.24) is 14.7 Å². The lowest BCUT2D eigenvalue weighted by Gasteiger charge is -2.24. The van der Waals surface area contributed by atoms with Crippen molar-refractivity contribution in [3.63, 3.8) is 0 Å². The standard InChI is InChI=1S/C20H26F3N3O/c1-6-8-26(11-15-10-13(4)12(3)9-14(15)7-2)20(27)16-17(18(21)22)24-25(5)19(16)23/h9-10,18H,6-8,11H2,1-5H3. The van der Waals surface area contributed by atoms with Crippen LogP contribution in [0.2, 0.25) is 0 Å². The van der Waals surface area contributed by atoms with E-state index in [0.29, 0.717) is 17.6 Å². The summed E-state index contributed by atoms with van der Waals surface area (Å²) in [5, 5.41) is 3.48. The first-order chi connectivity index (χ1) is 12.7. The summed E-state index contributed by atoms with van der Waals surface area (Å²) in [5.74, 6) is -1.79. The third-order valence-corrected chi connectivity index (χ3v) is 4.76. The third kappa shape index (κ3) is 4.34. The van der Waals surface area contributed by atoms with Gasteiger partial charge in [0.1, 0.15) is 11.3 Å². The molecule has 2 aromatic rings. The zero-order chi connectivity index (χ0) is 20.3. The van der Waals surface area contributed by atoms with E-state index < -0.39 is 29.5 Å². The molecule has 1 aromatic heterocycles. The summed E-state index contributed by atoms with van der Waals surface area (Å²) >= 11 is 0. The number of alkyl halides is 2. The second-order valence-electron chi connectivity index (χ2n) is 6.76. The zero-order valence-electron chi connectivity index (χ0n) is 16.4. The Morgan fingerprint density at radius 3 is 2.30 bits per heavy atom. The van der Waals surface area contributed by atoms with Crippen molar-refractivity contribution in [3.8, 4) is 0 Å². The van der Waals surface area contributed by atoms with E-state index in [1.54, 1.807) is 0 Å². The molecule has 27 heavy (non-hydrogen) atoms. The molecule has 0 unspecified atom stereocenters. The number of halogens is 3. The van der Waals surface area contributed by atoms with Gasteiger partial charge in [0.15, 0.2) is 0 Å². The van der Waals surface area contributed by atoms with Crippen LogP contribution in [0.1, 0.15) is 65.0 Å². The lowest BCUT2D eigenvalue weighted by Crippen LogP contribution is -2.33. The molecule has 0 saturated carbocycles. The van der Waals surface area contributed by atoms with Crippen LogP contribution in [0, 0.1) is 19.8 Å². The van der Waals surface area contributed by atoms with Crippen LogP contribution in [0.3, 0.4) is 0 Å². The maximum atomic E-state index is 14.4. The number of benzene rings is 1. The topological polar surface area (TPSA) is 38.1 Å². The minimum absolute atomic E-state index is 0.244. The van der Waals surface area contributed by atoms with E-state index in [1.807, 2.05) is 33.8 Å².